The Kier molecular flexibility index (Phi) is 8.11. The highest BCUT2D eigenvalue weighted by molar-refractivity contribution is 5.15. The summed E-state index contributed by atoms with van der Waals surface area (Å²) in [6.07, 6.45) is 2.39. The van der Waals surface area contributed by atoms with Crippen LogP contribution in [0.25, 0.3) is 0 Å². The summed E-state index contributed by atoms with van der Waals surface area (Å²) in [6, 6.07) is 0. The highest BCUT2D eigenvalue weighted by Crippen LogP contribution is 2.05. The summed E-state index contributed by atoms with van der Waals surface area (Å²) in [5.74, 6) is 0.711. The lowest BCUT2D eigenvalue weighted by Gasteiger charge is -2.21. The van der Waals surface area contributed by atoms with Gasteiger partial charge in [-0.05, 0) is 38.4 Å². The van der Waals surface area contributed by atoms with Crippen molar-refractivity contribution in [3.05, 3.63) is 24.5 Å². The molecule has 0 saturated heterocycles. The molecule has 0 aromatic rings. The minimum Gasteiger partial charge on any atom is -0.493 e. The molecule has 0 spiro atoms. The molecule has 0 aliphatic carbocycles. The molecule has 0 heterocycles. The van der Waals surface area contributed by atoms with Crippen molar-refractivity contribution in [1.29, 1.82) is 0 Å². The van der Waals surface area contributed by atoms with Crippen LogP contribution in [0.3, 0.4) is 0 Å². The van der Waals surface area contributed by atoms with Gasteiger partial charge >= 0.3 is 0 Å². The summed E-state index contributed by atoms with van der Waals surface area (Å²) in [6.45, 7) is 17.9. The first-order chi connectivity index (χ1) is 7.11. The highest BCUT2D eigenvalue weighted by Gasteiger charge is 2.02. The average Bonchev–Trinajstić information content (AvgIpc) is 2.18. The molecule has 15 heavy (non-hydrogen) atoms. The Morgan fingerprint density at radius 2 is 1.60 bits per heavy atom. The standard InChI is InChI=1S/C13H25NO/c1-6-8-14(9-7-2)10-11-15-13(5)12(3)4/h3,5-11H2,1-2,4H3. The SMILES string of the molecule is C=C(C)C(=C)OCCN(CCC)CCC. The van der Waals surface area contributed by atoms with Crippen LogP contribution in [0.4, 0.5) is 0 Å². The summed E-state index contributed by atoms with van der Waals surface area (Å²) in [5.41, 5.74) is 0.910. The normalized spacial score (nSPS) is 10.4. The maximum Gasteiger partial charge on any atom is 0.114 e. The molecular formula is C13H25NO. The molecule has 2 nitrogen and oxygen atoms in total. The maximum atomic E-state index is 5.49. The Hall–Kier alpha value is -0.760. The molecule has 0 atom stereocenters. The number of hydrogen-bond acceptors (Lipinski definition) is 2. The van der Waals surface area contributed by atoms with Crippen LogP contribution in [0.2, 0.25) is 0 Å². The fourth-order valence-corrected chi connectivity index (χ4v) is 1.39. The molecule has 0 unspecified atom stereocenters. The average molecular weight is 211 g/mol. The van der Waals surface area contributed by atoms with Gasteiger partial charge in [0, 0.05) is 6.54 Å². The summed E-state index contributed by atoms with van der Waals surface area (Å²) in [4.78, 5) is 2.42. The first-order valence-corrected chi connectivity index (χ1v) is 5.81. The van der Waals surface area contributed by atoms with Gasteiger partial charge in [0.2, 0.25) is 0 Å². The van der Waals surface area contributed by atoms with Crippen LogP contribution in [-0.4, -0.2) is 31.1 Å². The van der Waals surface area contributed by atoms with E-state index in [0.29, 0.717) is 12.4 Å². The van der Waals surface area contributed by atoms with Gasteiger partial charge in [-0.15, -0.1) is 0 Å². The van der Waals surface area contributed by atoms with Crippen LogP contribution >= 0.6 is 0 Å². The van der Waals surface area contributed by atoms with Crippen molar-refractivity contribution in [3.63, 3.8) is 0 Å². The number of nitrogens with zero attached hydrogens (tertiary/aromatic N) is 1. The van der Waals surface area contributed by atoms with Crippen molar-refractivity contribution >= 4 is 0 Å². The first kappa shape index (κ1) is 14.2. The second-order valence-corrected chi connectivity index (χ2v) is 3.89. The second-order valence-electron chi connectivity index (χ2n) is 3.89. The fraction of sp³-hybridized carbons (Fsp3) is 0.692. The molecule has 0 aromatic carbocycles. The predicted octanol–water partition coefficient (Wildman–Crippen LogP) is 3.21. The van der Waals surface area contributed by atoms with Crippen LogP contribution < -0.4 is 0 Å². The van der Waals surface area contributed by atoms with E-state index in [2.05, 4.69) is 31.9 Å². The summed E-state index contributed by atoms with van der Waals surface area (Å²) < 4.78 is 5.49. The van der Waals surface area contributed by atoms with E-state index in [1.54, 1.807) is 0 Å². The zero-order chi connectivity index (χ0) is 11.7. The monoisotopic (exact) mass is 211 g/mol. The molecule has 0 fully saturated rings. The lowest BCUT2D eigenvalue weighted by molar-refractivity contribution is 0.162. The maximum absolute atomic E-state index is 5.49. The molecule has 0 bridgehead atoms. The first-order valence-electron chi connectivity index (χ1n) is 5.81. The highest BCUT2D eigenvalue weighted by atomic mass is 16.5. The van der Waals surface area contributed by atoms with Crippen molar-refractivity contribution < 1.29 is 4.74 Å². The van der Waals surface area contributed by atoms with Crippen LogP contribution in [0.15, 0.2) is 24.5 Å². The molecule has 0 rings (SSSR count). The van der Waals surface area contributed by atoms with E-state index in [1.807, 2.05) is 6.92 Å². The Balaban J connectivity index is 3.69. The summed E-state index contributed by atoms with van der Waals surface area (Å²) in [5, 5.41) is 0. The molecule has 88 valence electrons. The number of allylic oxidation sites excluding steroid dienone is 1. The third-order valence-electron chi connectivity index (χ3n) is 2.24. The lowest BCUT2D eigenvalue weighted by atomic mass is 10.3. The third-order valence-corrected chi connectivity index (χ3v) is 2.24. The Bertz CT molecular complexity index is 193. The van der Waals surface area contributed by atoms with Crippen LogP contribution in [-0.2, 0) is 4.74 Å². The van der Waals surface area contributed by atoms with Crippen molar-refractivity contribution in [1.82, 2.24) is 4.90 Å². The van der Waals surface area contributed by atoms with Crippen molar-refractivity contribution in [2.45, 2.75) is 33.6 Å². The van der Waals surface area contributed by atoms with Crippen molar-refractivity contribution in [2.75, 3.05) is 26.2 Å². The minimum atomic E-state index is 0.711. The van der Waals surface area contributed by atoms with Gasteiger partial charge in [0.25, 0.3) is 0 Å². The van der Waals surface area contributed by atoms with Gasteiger partial charge in [-0.3, -0.25) is 4.90 Å². The molecule has 0 aliphatic heterocycles. The molecule has 0 radical (unpaired) electrons. The largest absolute Gasteiger partial charge is 0.493 e. The van der Waals surface area contributed by atoms with Gasteiger partial charge in [-0.2, -0.15) is 0 Å². The van der Waals surface area contributed by atoms with E-state index >= 15 is 0 Å². The van der Waals surface area contributed by atoms with E-state index in [9.17, 15) is 0 Å². The fourth-order valence-electron chi connectivity index (χ4n) is 1.39. The van der Waals surface area contributed by atoms with Gasteiger partial charge in [0.1, 0.15) is 12.4 Å². The molecule has 0 aromatic heterocycles. The predicted molar refractivity (Wildman–Crippen MR) is 66.9 cm³/mol. The molecule has 0 saturated carbocycles. The molecular weight excluding hydrogens is 186 g/mol. The molecule has 0 aliphatic rings. The molecule has 2 heteroatoms. The Morgan fingerprint density at radius 1 is 1.07 bits per heavy atom. The van der Waals surface area contributed by atoms with Gasteiger partial charge in [0.05, 0.1) is 0 Å². The summed E-state index contributed by atoms with van der Waals surface area (Å²) in [7, 11) is 0. The second kappa shape index (κ2) is 8.54. The van der Waals surface area contributed by atoms with E-state index in [4.69, 9.17) is 4.74 Å². The van der Waals surface area contributed by atoms with Crippen molar-refractivity contribution in [3.8, 4) is 0 Å². The van der Waals surface area contributed by atoms with E-state index in [0.717, 1.165) is 25.2 Å². The Labute approximate surface area is 94.6 Å². The zero-order valence-corrected chi connectivity index (χ0v) is 10.5. The molecule has 0 N–H and O–H groups in total. The topological polar surface area (TPSA) is 12.5 Å². The van der Waals surface area contributed by atoms with Crippen molar-refractivity contribution in [2.24, 2.45) is 0 Å². The van der Waals surface area contributed by atoms with E-state index in [1.165, 1.54) is 12.8 Å². The lowest BCUT2D eigenvalue weighted by Crippen LogP contribution is -2.29. The minimum absolute atomic E-state index is 0.711. The van der Waals surface area contributed by atoms with Crippen LogP contribution in [0, 0.1) is 0 Å². The van der Waals surface area contributed by atoms with Gasteiger partial charge in [-0.1, -0.05) is 27.0 Å². The number of rotatable bonds is 9. The van der Waals surface area contributed by atoms with E-state index < -0.39 is 0 Å². The third kappa shape index (κ3) is 7.20. The number of hydrogen-bond donors (Lipinski definition) is 0. The summed E-state index contributed by atoms with van der Waals surface area (Å²) >= 11 is 0. The van der Waals surface area contributed by atoms with Crippen LogP contribution in [0.5, 0.6) is 0 Å². The quantitative estimate of drug-likeness (QED) is 0.429. The zero-order valence-electron chi connectivity index (χ0n) is 10.5. The Morgan fingerprint density at radius 3 is 2.00 bits per heavy atom. The smallest absolute Gasteiger partial charge is 0.114 e. The van der Waals surface area contributed by atoms with E-state index in [-0.39, 0.29) is 0 Å². The van der Waals surface area contributed by atoms with Gasteiger partial charge in [0.15, 0.2) is 0 Å². The van der Waals surface area contributed by atoms with Gasteiger partial charge in [-0.25, -0.2) is 0 Å². The van der Waals surface area contributed by atoms with Crippen LogP contribution in [0.1, 0.15) is 33.6 Å². The number of ether oxygens (including phenoxy) is 1. The van der Waals surface area contributed by atoms with Gasteiger partial charge < -0.3 is 4.74 Å². The molecule has 0 amide bonds.